The van der Waals surface area contributed by atoms with Crippen molar-refractivity contribution >= 4 is 17.7 Å². The molecule has 140 valence electrons. The fourth-order valence-corrected chi connectivity index (χ4v) is 4.67. The van der Waals surface area contributed by atoms with E-state index < -0.39 is 42.6 Å². The van der Waals surface area contributed by atoms with E-state index in [9.17, 15) is 28.3 Å². The minimum absolute atomic E-state index is 0.0727. The summed E-state index contributed by atoms with van der Waals surface area (Å²) in [6, 6.07) is 0. The standard InChI is InChI=1S/C17H22F2O6/c1-16(18,19)14(22)24-7-12(20)8-25-15(23)17-4-9-2-10(5-17)13(21)11(3-9)6-17/h9-12,20H,2-8H2,1H3. The molecule has 0 saturated heterocycles. The van der Waals surface area contributed by atoms with E-state index in [1.807, 2.05) is 0 Å². The van der Waals surface area contributed by atoms with Crippen LogP contribution in [0.1, 0.15) is 39.0 Å². The SMILES string of the molecule is CC(F)(F)C(=O)OCC(O)COC(=O)C12CC3CC(C1)C(=O)C(C3)C2. The molecule has 3 atom stereocenters. The Balaban J connectivity index is 1.50. The maximum Gasteiger partial charge on any atom is 0.376 e. The molecule has 0 radical (unpaired) electrons. The first-order valence-electron chi connectivity index (χ1n) is 8.55. The smallest absolute Gasteiger partial charge is 0.376 e. The number of hydrogen-bond donors (Lipinski definition) is 1. The van der Waals surface area contributed by atoms with Crippen LogP contribution in [-0.2, 0) is 23.9 Å². The molecule has 3 unspecified atom stereocenters. The highest BCUT2D eigenvalue weighted by Gasteiger charge is 2.59. The average molecular weight is 360 g/mol. The van der Waals surface area contributed by atoms with Crippen LogP contribution in [0.3, 0.4) is 0 Å². The number of alkyl halides is 2. The number of aliphatic hydroxyl groups is 1. The maximum absolute atomic E-state index is 12.7. The Hall–Kier alpha value is -1.57. The van der Waals surface area contributed by atoms with Crippen LogP contribution in [0.25, 0.3) is 0 Å². The van der Waals surface area contributed by atoms with Crippen LogP contribution in [0.4, 0.5) is 8.78 Å². The monoisotopic (exact) mass is 360 g/mol. The summed E-state index contributed by atoms with van der Waals surface area (Å²) in [7, 11) is 0. The van der Waals surface area contributed by atoms with Gasteiger partial charge in [-0.1, -0.05) is 0 Å². The number of aliphatic hydroxyl groups excluding tert-OH is 1. The minimum atomic E-state index is -3.64. The highest BCUT2D eigenvalue weighted by atomic mass is 19.3. The number of ketones is 1. The third-order valence-electron chi connectivity index (χ3n) is 5.60. The van der Waals surface area contributed by atoms with Crippen LogP contribution < -0.4 is 0 Å². The average Bonchev–Trinajstić information content (AvgIpc) is 2.53. The molecule has 4 saturated carbocycles. The first-order chi connectivity index (χ1) is 11.6. The van der Waals surface area contributed by atoms with Crippen molar-refractivity contribution in [3.05, 3.63) is 0 Å². The van der Waals surface area contributed by atoms with Gasteiger partial charge in [-0.2, -0.15) is 8.78 Å². The summed E-state index contributed by atoms with van der Waals surface area (Å²) in [6.45, 7) is -0.706. The number of carbonyl (C=O) groups excluding carboxylic acids is 3. The van der Waals surface area contributed by atoms with E-state index in [1.54, 1.807) is 0 Å². The van der Waals surface area contributed by atoms with Gasteiger partial charge in [0.15, 0.2) is 0 Å². The van der Waals surface area contributed by atoms with Gasteiger partial charge < -0.3 is 14.6 Å². The topological polar surface area (TPSA) is 89.9 Å². The molecule has 25 heavy (non-hydrogen) atoms. The van der Waals surface area contributed by atoms with Crippen LogP contribution in [0.2, 0.25) is 0 Å². The number of Topliss-reactive ketones (excluding diaryl/α,β-unsaturated/α-hetero) is 1. The van der Waals surface area contributed by atoms with Crippen molar-refractivity contribution in [3.8, 4) is 0 Å². The van der Waals surface area contributed by atoms with Gasteiger partial charge in [-0.15, -0.1) is 0 Å². The zero-order chi connectivity index (χ0) is 18.4. The molecular formula is C17H22F2O6. The number of rotatable bonds is 6. The third kappa shape index (κ3) is 3.54. The van der Waals surface area contributed by atoms with Crippen LogP contribution >= 0.6 is 0 Å². The summed E-state index contributed by atoms with van der Waals surface area (Å²) in [5.41, 5.74) is -0.669. The maximum atomic E-state index is 12.7. The highest BCUT2D eigenvalue weighted by Crippen LogP contribution is 2.59. The molecule has 4 aliphatic rings. The van der Waals surface area contributed by atoms with Crippen LogP contribution in [0.5, 0.6) is 0 Å². The summed E-state index contributed by atoms with van der Waals surface area (Å²) < 4.78 is 34.8. The molecule has 0 amide bonds. The van der Waals surface area contributed by atoms with Crippen molar-refractivity contribution in [2.75, 3.05) is 13.2 Å². The molecule has 1 N–H and O–H groups in total. The normalized spacial score (nSPS) is 34.7. The zero-order valence-corrected chi connectivity index (χ0v) is 14.0. The molecule has 0 aliphatic heterocycles. The Morgan fingerprint density at radius 1 is 1.20 bits per heavy atom. The van der Waals surface area contributed by atoms with Crippen molar-refractivity contribution in [2.24, 2.45) is 23.2 Å². The van der Waals surface area contributed by atoms with E-state index in [1.165, 1.54) is 0 Å². The van der Waals surface area contributed by atoms with Gasteiger partial charge in [-0.05, 0) is 38.0 Å². The fourth-order valence-electron chi connectivity index (χ4n) is 4.67. The van der Waals surface area contributed by atoms with Gasteiger partial charge in [0.05, 0.1) is 5.41 Å². The zero-order valence-electron chi connectivity index (χ0n) is 14.0. The van der Waals surface area contributed by atoms with E-state index in [0.29, 0.717) is 32.1 Å². The largest absolute Gasteiger partial charge is 0.462 e. The van der Waals surface area contributed by atoms with Gasteiger partial charge in [0.2, 0.25) is 0 Å². The quantitative estimate of drug-likeness (QED) is 0.722. The number of esters is 2. The highest BCUT2D eigenvalue weighted by molar-refractivity contribution is 5.89. The summed E-state index contributed by atoms with van der Waals surface area (Å²) >= 11 is 0. The Labute approximate surface area is 143 Å². The molecule has 0 spiro atoms. The van der Waals surface area contributed by atoms with Gasteiger partial charge in [-0.25, -0.2) is 4.79 Å². The molecule has 4 bridgehead atoms. The van der Waals surface area contributed by atoms with Crippen molar-refractivity contribution in [3.63, 3.8) is 0 Å². The van der Waals surface area contributed by atoms with Gasteiger partial charge in [0.25, 0.3) is 0 Å². The van der Waals surface area contributed by atoms with Gasteiger partial charge >= 0.3 is 17.9 Å². The van der Waals surface area contributed by atoms with Crippen molar-refractivity contribution in [1.82, 2.24) is 0 Å². The number of halogens is 2. The molecule has 0 aromatic rings. The summed E-state index contributed by atoms with van der Waals surface area (Å²) in [4.78, 5) is 35.6. The van der Waals surface area contributed by atoms with Crippen molar-refractivity contribution in [1.29, 1.82) is 0 Å². The molecule has 4 aliphatic carbocycles. The van der Waals surface area contributed by atoms with E-state index in [0.717, 1.165) is 12.8 Å². The molecule has 0 aromatic heterocycles. The number of ether oxygens (including phenoxy) is 2. The second-order valence-corrected chi connectivity index (χ2v) is 7.77. The second kappa shape index (κ2) is 6.30. The van der Waals surface area contributed by atoms with Crippen LogP contribution in [0, 0.1) is 23.2 Å². The molecule has 8 heteroatoms. The molecular weight excluding hydrogens is 338 g/mol. The Morgan fingerprint density at radius 3 is 2.32 bits per heavy atom. The number of hydrogen-bond acceptors (Lipinski definition) is 6. The van der Waals surface area contributed by atoms with E-state index in [2.05, 4.69) is 4.74 Å². The first kappa shape index (κ1) is 18.2. The number of carbonyl (C=O) groups is 3. The Bertz CT molecular complexity index is 566. The lowest BCUT2D eigenvalue weighted by Crippen LogP contribution is -2.55. The summed E-state index contributed by atoms with van der Waals surface area (Å²) in [6.07, 6.45) is 1.99. The lowest BCUT2D eigenvalue weighted by atomic mass is 9.49. The minimum Gasteiger partial charge on any atom is -0.462 e. The summed E-state index contributed by atoms with van der Waals surface area (Å²) in [5.74, 6) is -5.36. The van der Waals surface area contributed by atoms with Gasteiger partial charge in [0.1, 0.15) is 25.1 Å². The van der Waals surface area contributed by atoms with Gasteiger partial charge in [0, 0.05) is 18.8 Å². The van der Waals surface area contributed by atoms with E-state index >= 15 is 0 Å². The Morgan fingerprint density at radius 2 is 1.76 bits per heavy atom. The molecule has 4 rings (SSSR count). The van der Waals surface area contributed by atoms with Crippen LogP contribution in [0.15, 0.2) is 0 Å². The lowest BCUT2D eigenvalue weighted by molar-refractivity contribution is -0.180. The predicted octanol–water partition coefficient (Wildman–Crippen LogP) is 1.48. The van der Waals surface area contributed by atoms with Crippen molar-refractivity contribution < 1.29 is 37.7 Å². The van der Waals surface area contributed by atoms with Gasteiger partial charge in [-0.3, -0.25) is 9.59 Å². The summed E-state index contributed by atoms with van der Waals surface area (Å²) in [5, 5.41) is 9.68. The molecule has 4 fully saturated rings. The second-order valence-electron chi connectivity index (χ2n) is 7.77. The van der Waals surface area contributed by atoms with E-state index in [4.69, 9.17) is 4.74 Å². The fraction of sp³-hybridized carbons (Fsp3) is 0.824. The Kier molecular flexibility index (Phi) is 4.59. The van der Waals surface area contributed by atoms with Crippen molar-refractivity contribution in [2.45, 2.75) is 51.1 Å². The third-order valence-corrected chi connectivity index (χ3v) is 5.60. The molecule has 6 nitrogen and oxygen atoms in total. The predicted molar refractivity (Wildman–Crippen MR) is 79.5 cm³/mol. The molecule has 0 aromatic carbocycles. The van der Waals surface area contributed by atoms with E-state index in [-0.39, 0.29) is 17.6 Å². The lowest BCUT2D eigenvalue weighted by Gasteiger charge is -2.53. The van der Waals surface area contributed by atoms with Crippen LogP contribution in [-0.4, -0.2) is 48.1 Å². The molecule has 0 heterocycles. The first-order valence-corrected chi connectivity index (χ1v) is 8.55.